The molecule has 2 saturated heterocycles. The van der Waals surface area contributed by atoms with Crippen molar-refractivity contribution in [2.24, 2.45) is 0 Å². The molecule has 0 aromatic carbocycles. The van der Waals surface area contributed by atoms with Crippen LogP contribution in [0.5, 0.6) is 0 Å². The van der Waals surface area contributed by atoms with Crippen molar-refractivity contribution in [2.75, 3.05) is 26.2 Å². The fourth-order valence-electron chi connectivity index (χ4n) is 3.23. The molecular formula is C14H26N2O. The molecule has 2 fully saturated rings. The summed E-state index contributed by atoms with van der Waals surface area (Å²) in [4.78, 5) is 16.3. The van der Waals surface area contributed by atoms with Crippen LogP contribution >= 0.6 is 0 Å². The van der Waals surface area contributed by atoms with Crippen molar-refractivity contribution in [1.29, 1.82) is 0 Å². The Morgan fingerprint density at radius 3 is 2.47 bits per heavy atom. The monoisotopic (exact) mass is 238 g/mol. The molecule has 0 aromatic rings. The van der Waals surface area contributed by atoms with Crippen LogP contribution in [0.15, 0.2) is 0 Å². The van der Waals surface area contributed by atoms with Crippen LogP contribution in [0.1, 0.15) is 51.9 Å². The minimum Gasteiger partial charge on any atom is -0.340 e. The molecule has 0 saturated carbocycles. The van der Waals surface area contributed by atoms with Crippen molar-refractivity contribution in [3.63, 3.8) is 0 Å². The smallest absolute Gasteiger partial charge is 0.219 e. The topological polar surface area (TPSA) is 23.6 Å². The van der Waals surface area contributed by atoms with E-state index >= 15 is 0 Å². The molecule has 0 N–H and O–H groups in total. The van der Waals surface area contributed by atoms with Gasteiger partial charge in [-0.2, -0.15) is 0 Å². The van der Waals surface area contributed by atoms with E-state index in [0.29, 0.717) is 6.04 Å². The Morgan fingerprint density at radius 2 is 1.76 bits per heavy atom. The fraction of sp³-hybridized carbons (Fsp3) is 0.929. The number of carbonyl (C=O) groups is 1. The minimum atomic E-state index is 0.272. The second-order valence-electron chi connectivity index (χ2n) is 5.55. The highest BCUT2D eigenvalue weighted by atomic mass is 16.2. The van der Waals surface area contributed by atoms with Crippen LogP contribution in [-0.2, 0) is 4.79 Å². The normalized spacial score (nSPS) is 27.1. The van der Waals surface area contributed by atoms with Gasteiger partial charge in [0, 0.05) is 26.1 Å². The van der Waals surface area contributed by atoms with Crippen molar-refractivity contribution in [3.05, 3.63) is 0 Å². The zero-order chi connectivity index (χ0) is 12.1. The van der Waals surface area contributed by atoms with Gasteiger partial charge in [0.1, 0.15) is 0 Å². The van der Waals surface area contributed by atoms with Crippen LogP contribution < -0.4 is 0 Å². The molecule has 1 atom stereocenters. The third-order valence-electron chi connectivity index (χ3n) is 4.26. The average molecular weight is 238 g/mol. The van der Waals surface area contributed by atoms with E-state index in [2.05, 4.69) is 9.80 Å². The molecule has 3 nitrogen and oxygen atoms in total. The van der Waals surface area contributed by atoms with Crippen LogP contribution in [-0.4, -0.2) is 47.9 Å². The maximum atomic E-state index is 11.6. The first kappa shape index (κ1) is 12.9. The first-order valence-corrected chi connectivity index (χ1v) is 7.27. The summed E-state index contributed by atoms with van der Waals surface area (Å²) >= 11 is 0. The Morgan fingerprint density at radius 1 is 1.06 bits per heavy atom. The number of rotatable bonds is 3. The Hall–Kier alpha value is -0.570. The van der Waals surface area contributed by atoms with Gasteiger partial charge in [-0.05, 0) is 51.6 Å². The molecule has 0 aromatic heterocycles. The average Bonchev–Trinajstić information content (AvgIpc) is 2.38. The van der Waals surface area contributed by atoms with Gasteiger partial charge in [0.15, 0.2) is 0 Å². The summed E-state index contributed by atoms with van der Waals surface area (Å²) in [5.41, 5.74) is 0. The van der Waals surface area contributed by atoms with Gasteiger partial charge in [0.25, 0.3) is 0 Å². The molecular weight excluding hydrogens is 212 g/mol. The lowest BCUT2D eigenvalue weighted by Crippen LogP contribution is -2.44. The first-order valence-electron chi connectivity index (χ1n) is 7.27. The molecule has 3 heteroatoms. The number of likely N-dealkylation sites (tertiary alicyclic amines) is 2. The highest BCUT2D eigenvalue weighted by molar-refractivity contribution is 5.73. The second-order valence-corrected chi connectivity index (χ2v) is 5.55. The summed E-state index contributed by atoms with van der Waals surface area (Å²) < 4.78 is 0. The molecule has 2 aliphatic rings. The number of carbonyl (C=O) groups excluding carboxylic acids is 1. The molecule has 0 spiro atoms. The van der Waals surface area contributed by atoms with Crippen molar-refractivity contribution >= 4 is 5.91 Å². The molecule has 2 heterocycles. The standard InChI is InChI=1S/C14H26N2O/c1-13(17)16-11-6-3-7-14(16)8-12-15-9-4-2-5-10-15/h14H,2-12H2,1H3. The lowest BCUT2D eigenvalue weighted by molar-refractivity contribution is -0.132. The van der Waals surface area contributed by atoms with Gasteiger partial charge < -0.3 is 9.80 Å². The van der Waals surface area contributed by atoms with E-state index in [9.17, 15) is 4.79 Å². The Kier molecular flexibility index (Phi) is 4.84. The third-order valence-corrected chi connectivity index (χ3v) is 4.26. The molecule has 1 amide bonds. The zero-order valence-corrected chi connectivity index (χ0v) is 11.2. The SMILES string of the molecule is CC(=O)N1CCCCC1CCN1CCCCC1. The molecule has 0 aliphatic carbocycles. The first-order chi connectivity index (χ1) is 8.27. The largest absolute Gasteiger partial charge is 0.340 e. The van der Waals surface area contributed by atoms with Crippen LogP contribution in [0.2, 0.25) is 0 Å². The quantitative estimate of drug-likeness (QED) is 0.753. The summed E-state index contributed by atoms with van der Waals surface area (Å²) in [5.74, 6) is 0.272. The van der Waals surface area contributed by atoms with Gasteiger partial charge in [-0.1, -0.05) is 6.42 Å². The predicted octanol–water partition coefficient (Wildman–Crippen LogP) is 2.26. The maximum absolute atomic E-state index is 11.6. The van der Waals surface area contributed by atoms with Crippen LogP contribution in [0, 0.1) is 0 Å². The van der Waals surface area contributed by atoms with Gasteiger partial charge in [0.2, 0.25) is 5.91 Å². The van der Waals surface area contributed by atoms with E-state index in [4.69, 9.17) is 0 Å². The molecule has 98 valence electrons. The second kappa shape index (κ2) is 6.39. The number of amides is 1. The summed E-state index contributed by atoms with van der Waals surface area (Å²) in [5, 5.41) is 0. The Balaban J connectivity index is 1.77. The fourth-order valence-corrected chi connectivity index (χ4v) is 3.23. The van der Waals surface area contributed by atoms with Gasteiger partial charge in [-0.15, -0.1) is 0 Å². The van der Waals surface area contributed by atoms with Gasteiger partial charge in [0.05, 0.1) is 0 Å². The van der Waals surface area contributed by atoms with E-state index in [-0.39, 0.29) is 5.91 Å². The molecule has 0 bridgehead atoms. The van der Waals surface area contributed by atoms with Crippen molar-refractivity contribution in [2.45, 2.75) is 57.9 Å². The van der Waals surface area contributed by atoms with Crippen LogP contribution in [0.3, 0.4) is 0 Å². The summed E-state index contributed by atoms with van der Waals surface area (Å²) in [6.45, 7) is 6.44. The molecule has 17 heavy (non-hydrogen) atoms. The maximum Gasteiger partial charge on any atom is 0.219 e. The molecule has 2 aliphatic heterocycles. The van der Waals surface area contributed by atoms with Crippen molar-refractivity contribution in [1.82, 2.24) is 9.80 Å². The van der Waals surface area contributed by atoms with Crippen LogP contribution in [0.4, 0.5) is 0 Å². The predicted molar refractivity (Wildman–Crippen MR) is 69.9 cm³/mol. The third kappa shape index (κ3) is 3.70. The number of hydrogen-bond acceptors (Lipinski definition) is 2. The van der Waals surface area contributed by atoms with E-state index in [1.54, 1.807) is 6.92 Å². The van der Waals surface area contributed by atoms with Crippen molar-refractivity contribution < 1.29 is 4.79 Å². The molecule has 1 unspecified atom stereocenters. The lowest BCUT2D eigenvalue weighted by atomic mass is 9.98. The molecule has 2 rings (SSSR count). The van der Waals surface area contributed by atoms with E-state index in [1.807, 2.05) is 0 Å². The van der Waals surface area contributed by atoms with E-state index in [1.165, 1.54) is 64.6 Å². The Labute approximate surface area is 105 Å². The van der Waals surface area contributed by atoms with Crippen molar-refractivity contribution in [3.8, 4) is 0 Å². The molecule has 0 radical (unpaired) electrons. The summed E-state index contributed by atoms with van der Waals surface area (Å²) in [6, 6.07) is 0.517. The van der Waals surface area contributed by atoms with Gasteiger partial charge >= 0.3 is 0 Å². The highest BCUT2D eigenvalue weighted by Gasteiger charge is 2.24. The van der Waals surface area contributed by atoms with E-state index < -0.39 is 0 Å². The minimum absolute atomic E-state index is 0.272. The number of piperidine rings is 2. The number of nitrogens with zero attached hydrogens (tertiary/aromatic N) is 2. The Bertz CT molecular complexity index is 249. The van der Waals surface area contributed by atoms with Gasteiger partial charge in [-0.25, -0.2) is 0 Å². The lowest BCUT2D eigenvalue weighted by Gasteiger charge is -2.37. The van der Waals surface area contributed by atoms with E-state index in [0.717, 1.165) is 6.54 Å². The zero-order valence-electron chi connectivity index (χ0n) is 11.2. The summed E-state index contributed by atoms with van der Waals surface area (Å²) in [7, 11) is 0. The number of hydrogen-bond donors (Lipinski definition) is 0. The highest BCUT2D eigenvalue weighted by Crippen LogP contribution is 2.20. The van der Waals surface area contributed by atoms with Gasteiger partial charge in [-0.3, -0.25) is 4.79 Å². The van der Waals surface area contributed by atoms with Crippen LogP contribution in [0.25, 0.3) is 0 Å². The summed E-state index contributed by atoms with van der Waals surface area (Å²) in [6.07, 6.45) is 9.02.